The molecule has 2 atom stereocenters. The van der Waals surface area contributed by atoms with E-state index >= 15 is 0 Å². The molecule has 1 heterocycles. The maximum absolute atomic E-state index is 5.47. The fraction of sp³-hybridized carbons (Fsp3) is 0.684. The highest BCUT2D eigenvalue weighted by molar-refractivity contribution is 5.27. The molecular formula is C19H28N2O. The van der Waals surface area contributed by atoms with E-state index in [1.54, 1.807) is 0 Å². The Morgan fingerprint density at radius 1 is 0.955 bits per heavy atom. The Morgan fingerprint density at radius 3 is 2.41 bits per heavy atom. The number of ether oxygens (including phenoxy) is 1. The SMILES string of the molecule is c1ccc(C2CC2NC2CCC(N3CCOCC3)CC2)cc1. The number of nitrogens with zero attached hydrogens (tertiary/aromatic N) is 1. The van der Waals surface area contributed by atoms with Crippen LogP contribution in [0.15, 0.2) is 30.3 Å². The Morgan fingerprint density at radius 2 is 1.68 bits per heavy atom. The molecule has 22 heavy (non-hydrogen) atoms. The van der Waals surface area contributed by atoms with E-state index in [0.29, 0.717) is 0 Å². The van der Waals surface area contributed by atoms with Gasteiger partial charge in [0.1, 0.15) is 0 Å². The van der Waals surface area contributed by atoms with Gasteiger partial charge in [-0.15, -0.1) is 0 Å². The quantitative estimate of drug-likeness (QED) is 0.925. The van der Waals surface area contributed by atoms with Gasteiger partial charge >= 0.3 is 0 Å². The molecule has 120 valence electrons. The molecule has 1 aliphatic heterocycles. The molecule has 2 aliphatic carbocycles. The third-order valence-corrected chi connectivity index (χ3v) is 5.73. The molecule has 2 unspecified atom stereocenters. The third kappa shape index (κ3) is 3.37. The number of nitrogens with one attached hydrogen (secondary N) is 1. The minimum atomic E-state index is 0.729. The molecule has 3 fully saturated rings. The molecule has 0 radical (unpaired) electrons. The molecule has 0 amide bonds. The summed E-state index contributed by atoms with van der Waals surface area (Å²) in [6.07, 6.45) is 6.74. The standard InChI is InChI=1S/C19H28N2O/c1-2-4-15(5-3-1)18-14-19(18)20-16-6-8-17(9-7-16)21-10-12-22-13-11-21/h1-5,16-20H,6-14H2. The summed E-state index contributed by atoms with van der Waals surface area (Å²) in [5.74, 6) is 0.762. The van der Waals surface area contributed by atoms with E-state index in [9.17, 15) is 0 Å². The summed E-state index contributed by atoms with van der Waals surface area (Å²) in [5.41, 5.74) is 1.52. The van der Waals surface area contributed by atoms with Gasteiger partial charge in [-0.3, -0.25) is 4.90 Å². The van der Waals surface area contributed by atoms with Gasteiger partial charge in [-0.25, -0.2) is 0 Å². The average Bonchev–Trinajstić information content (AvgIpc) is 3.36. The molecule has 1 aromatic rings. The maximum Gasteiger partial charge on any atom is 0.0594 e. The molecule has 3 heteroatoms. The van der Waals surface area contributed by atoms with E-state index in [1.165, 1.54) is 37.7 Å². The second-order valence-corrected chi connectivity index (χ2v) is 7.18. The lowest BCUT2D eigenvalue weighted by atomic mass is 9.90. The van der Waals surface area contributed by atoms with E-state index in [2.05, 4.69) is 40.5 Å². The van der Waals surface area contributed by atoms with Gasteiger partial charge in [0.2, 0.25) is 0 Å². The zero-order valence-electron chi connectivity index (χ0n) is 13.4. The summed E-state index contributed by atoms with van der Waals surface area (Å²) >= 11 is 0. The number of morpholine rings is 1. The van der Waals surface area contributed by atoms with Gasteiger partial charge in [0, 0.05) is 37.1 Å². The van der Waals surface area contributed by atoms with E-state index in [-0.39, 0.29) is 0 Å². The predicted octanol–water partition coefficient (Wildman–Crippen LogP) is 2.78. The van der Waals surface area contributed by atoms with Crippen LogP contribution in [0, 0.1) is 0 Å². The number of rotatable bonds is 4. The molecule has 0 bridgehead atoms. The van der Waals surface area contributed by atoms with E-state index in [1.807, 2.05) is 0 Å². The smallest absolute Gasteiger partial charge is 0.0594 e. The average molecular weight is 300 g/mol. The van der Waals surface area contributed by atoms with Gasteiger partial charge < -0.3 is 10.1 Å². The van der Waals surface area contributed by atoms with Crippen molar-refractivity contribution in [3.05, 3.63) is 35.9 Å². The minimum Gasteiger partial charge on any atom is -0.379 e. The van der Waals surface area contributed by atoms with Crippen molar-refractivity contribution in [3.8, 4) is 0 Å². The van der Waals surface area contributed by atoms with Crippen molar-refractivity contribution in [3.63, 3.8) is 0 Å². The van der Waals surface area contributed by atoms with Crippen LogP contribution < -0.4 is 5.32 Å². The van der Waals surface area contributed by atoms with Crippen LogP contribution in [-0.2, 0) is 4.74 Å². The first-order chi connectivity index (χ1) is 10.9. The molecule has 1 aromatic carbocycles. The van der Waals surface area contributed by atoms with Gasteiger partial charge in [-0.1, -0.05) is 30.3 Å². The second kappa shape index (κ2) is 6.69. The number of hydrogen-bond donors (Lipinski definition) is 1. The molecular weight excluding hydrogens is 272 g/mol. The topological polar surface area (TPSA) is 24.5 Å². The summed E-state index contributed by atoms with van der Waals surface area (Å²) in [4.78, 5) is 2.66. The Balaban J connectivity index is 1.22. The van der Waals surface area contributed by atoms with Crippen molar-refractivity contribution in [2.75, 3.05) is 26.3 Å². The van der Waals surface area contributed by atoms with Crippen LogP contribution in [0.2, 0.25) is 0 Å². The van der Waals surface area contributed by atoms with Crippen molar-refractivity contribution < 1.29 is 4.74 Å². The largest absolute Gasteiger partial charge is 0.379 e. The fourth-order valence-electron chi connectivity index (χ4n) is 4.30. The van der Waals surface area contributed by atoms with Gasteiger partial charge in [0.05, 0.1) is 13.2 Å². The molecule has 3 nitrogen and oxygen atoms in total. The lowest BCUT2D eigenvalue weighted by Gasteiger charge is -2.39. The lowest BCUT2D eigenvalue weighted by Crippen LogP contribution is -2.47. The van der Waals surface area contributed by atoms with Crippen molar-refractivity contribution in [2.45, 2.75) is 56.1 Å². The lowest BCUT2D eigenvalue weighted by molar-refractivity contribution is 0.00651. The van der Waals surface area contributed by atoms with Crippen molar-refractivity contribution in [1.29, 1.82) is 0 Å². The van der Waals surface area contributed by atoms with Crippen LogP contribution in [0.3, 0.4) is 0 Å². The Labute approximate surface area is 134 Å². The monoisotopic (exact) mass is 300 g/mol. The summed E-state index contributed by atoms with van der Waals surface area (Å²) in [7, 11) is 0. The molecule has 4 rings (SSSR count). The highest BCUT2D eigenvalue weighted by Crippen LogP contribution is 2.41. The van der Waals surface area contributed by atoms with Gasteiger partial charge in [0.15, 0.2) is 0 Å². The van der Waals surface area contributed by atoms with Crippen LogP contribution >= 0.6 is 0 Å². The number of benzene rings is 1. The van der Waals surface area contributed by atoms with Crippen molar-refractivity contribution in [1.82, 2.24) is 10.2 Å². The molecule has 0 spiro atoms. The maximum atomic E-state index is 5.47. The minimum absolute atomic E-state index is 0.729. The van der Waals surface area contributed by atoms with E-state index < -0.39 is 0 Å². The first-order valence-electron chi connectivity index (χ1n) is 9.03. The highest BCUT2D eigenvalue weighted by Gasteiger charge is 2.40. The van der Waals surface area contributed by atoms with Crippen LogP contribution in [0.1, 0.15) is 43.6 Å². The van der Waals surface area contributed by atoms with Crippen LogP contribution in [-0.4, -0.2) is 49.3 Å². The molecule has 1 N–H and O–H groups in total. The normalized spacial score (nSPS) is 36.2. The van der Waals surface area contributed by atoms with E-state index in [4.69, 9.17) is 4.74 Å². The van der Waals surface area contributed by atoms with Crippen LogP contribution in [0.25, 0.3) is 0 Å². The Hall–Kier alpha value is -0.900. The first-order valence-corrected chi connectivity index (χ1v) is 9.03. The summed E-state index contributed by atoms with van der Waals surface area (Å²) in [5, 5.41) is 3.92. The molecule has 1 saturated heterocycles. The molecule has 3 aliphatic rings. The van der Waals surface area contributed by atoms with Crippen LogP contribution in [0.5, 0.6) is 0 Å². The Bertz CT molecular complexity index is 464. The molecule has 0 aromatic heterocycles. The van der Waals surface area contributed by atoms with Gasteiger partial charge in [-0.05, 0) is 37.7 Å². The fourth-order valence-corrected chi connectivity index (χ4v) is 4.30. The summed E-state index contributed by atoms with van der Waals surface area (Å²) in [6.45, 7) is 4.14. The van der Waals surface area contributed by atoms with Gasteiger partial charge in [-0.2, -0.15) is 0 Å². The van der Waals surface area contributed by atoms with Crippen LogP contribution in [0.4, 0.5) is 0 Å². The molecule has 2 saturated carbocycles. The first kappa shape index (κ1) is 14.7. The zero-order chi connectivity index (χ0) is 14.8. The summed E-state index contributed by atoms with van der Waals surface area (Å²) in [6, 6.07) is 13.3. The number of hydrogen-bond acceptors (Lipinski definition) is 3. The summed E-state index contributed by atoms with van der Waals surface area (Å²) < 4.78 is 5.47. The zero-order valence-corrected chi connectivity index (χ0v) is 13.4. The second-order valence-electron chi connectivity index (χ2n) is 7.18. The van der Waals surface area contributed by atoms with Gasteiger partial charge in [0.25, 0.3) is 0 Å². The van der Waals surface area contributed by atoms with Crippen molar-refractivity contribution in [2.24, 2.45) is 0 Å². The third-order valence-electron chi connectivity index (χ3n) is 5.73. The predicted molar refractivity (Wildman–Crippen MR) is 89.2 cm³/mol. The van der Waals surface area contributed by atoms with Crippen molar-refractivity contribution >= 4 is 0 Å². The van der Waals surface area contributed by atoms with E-state index in [0.717, 1.165) is 50.3 Å². The Kier molecular flexibility index (Phi) is 4.47. The highest BCUT2D eigenvalue weighted by atomic mass is 16.5.